The van der Waals surface area contributed by atoms with Gasteiger partial charge in [-0.05, 0) is 12.3 Å². The number of carbonyl (C=O) groups excluding carboxylic acids is 1. The number of hydrogen-bond acceptors (Lipinski definition) is 4. The van der Waals surface area contributed by atoms with Crippen LogP contribution in [0, 0.1) is 5.92 Å². The van der Waals surface area contributed by atoms with Gasteiger partial charge in [0.2, 0.25) is 5.91 Å². The summed E-state index contributed by atoms with van der Waals surface area (Å²) in [6.45, 7) is 1.47. The van der Waals surface area contributed by atoms with E-state index in [2.05, 4.69) is 10.3 Å². The molecule has 1 saturated carbocycles. The summed E-state index contributed by atoms with van der Waals surface area (Å²) in [7, 11) is 1.66. The predicted molar refractivity (Wildman–Crippen MR) is 65.8 cm³/mol. The minimum Gasteiger partial charge on any atom is -0.384 e. The van der Waals surface area contributed by atoms with E-state index in [1.165, 1.54) is 12.8 Å². The molecule has 6 heteroatoms. The summed E-state index contributed by atoms with van der Waals surface area (Å²) in [5.41, 5.74) is 6.89. The van der Waals surface area contributed by atoms with Crippen molar-refractivity contribution in [2.45, 2.75) is 38.6 Å². The number of primary amides is 1. The fourth-order valence-electron chi connectivity index (χ4n) is 2.03. The third-order valence-electron chi connectivity index (χ3n) is 3.25. The van der Waals surface area contributed by atoms with Gasteiger partial charge in [-0.15, -0.1) is 5.10 Å². The molecule has 0 aliphatic heterocycles. The van der Waals surface area contributed by atoms with Crippen LogP contribution in [0.4, 0.5) is 0 Å². The highest BCUT2D eigenvalue weighted by Gasteiger charge is 2.22. The molecule has 0 aromatic carbocycles. The molecule has 2 N–H and O–H groups in total. The second-order valence-corrected chi connectivity index (χ2v) is 4.82. The number of nitrogens with two attached hydrogens (primary N) is 1. The van der Waals surface area contributed by atoms with Crippen LogP contribution in [-0.2, 0) is 28.9 Å². The van der Waals surface area contributed by atoms with E-state index in [1.807, 2.05) is 4.68 Å². The highest BCUT2D eigenvalue weighted by Crippen LogP contribution is 2.32. The molecule has 18 heavy (non-hydrogen) atoms. The maximum Gasteiger partial charge on any atom is 0.223 e. The van der Waals surface area contributed by atoms with Gasteiger partial charge in [0.05, 0.1) is 24.4 Å². The highest BCUT2D eigenvalue weighted by molar-refractivity contribution is 5.76. The fraction of sp³-hybridized carbons (Fsp3) is 0.750. The Morgan fingerprint density at radius 3 is 2.94 bits per heavy atom. The summed E-state index contributed by atoms with van der Waals surface area (Å²) in [5.74, 6) is 0.479. The van der Waals surface area contributed by atoms with Crippen LogP contribution in [-0.4, -0.2) is 34.6 Å². The van der Waals surface area contributed by atoms with Crippen LogP contribution in [0.25, 0.3) is 0 Å². The van der Waals surface area contributed by atoms with Gasteiger partial charge in [-0.3, -0.25) is 4.79 Å². The molecule has 1 fully saturated rings. The molecule has 0 bridgehead atoms. The number of rotatable bonds is 8. The zero-order valence-electron chi connectivity index (χ0n) is 10.8. The minimum atomic E-state index is -0.372. The van der Waals surface area contributed by atoms with Gasteiger partial charge in [-0.1, -0.05) is 18.1 Å². The van der Waals surface area contributed by atoms with Crippen molar-refractivity contribution >= 4 is 5.91 Å². The summed E-state index contributed by atoms with van der Waals surface area (Å²) >= 11 is 0. The smallest absolute Gasteiger partial charge is 0.223 e. The number of aryl methyl sites for hydroxylation is 1. The van der Waals surface area contributed by atoms with Gasteiger partial charge in [0.25, 0.3) is 0 Å². The van der Waals surface area contributed by atoms with Crippen LogP contribution < -0.4 is 5.73 Å². The quantitative estimate of drug-likeness (QED) is 0.721. The largest absolute Gasteiger partial charge is 0.384 e. The summed E-state index contributed by atoms with van der Waals surface area (Å²) in [5, 5.41) is 8.19. The van der Waals surface area contributed by atoms with Crippen LogP contribution in [0.1, 0.15) is 30.7 Å². The van der Waals surface area contributed by atoms with E-state index in [-0.39, 0.29) is 12.3 Å². The van der Waals surface area contributed by atoms with Crippen molar-refractivity contribution in [1.29, 1.82) is 0 Å². The summed E-state index contributed by atoms with van der Waals surface area (Å²) in [6, 6.07) is 0. The number of hydrogen-bond donors (Lipinski definition) is 1. The molecule has 1 aromatic rings. The molecular formula is C12H20N4O2. The lowest BCUT2D eigenvalue weighted by Crippen LogP contribution is -2.16. The van der Waals surface area contributed by atoms with Crippen LogP contribution in [0.15, 0.2) is 0 Å². The number of amides is 1. The van der Waals surface area contributed by atoms with E-state index >= 15 is 0 Å². The zero-order valence-corrected chi connectivity index (χ0v) is 10.8. The predicted octanol–water partition coefficient (Wildman–Crippen LogP) is 0.295. The molecule has 0 atom stereocenters. The van der Waals surface area contributed by atoms with E-state index in [0.717, 1.165) is 31.0 Å². The van der Waals surface area contributed by atoms with Gasteiger partial charge in [0.1, 0.15) is 0 Å². The molecule has 2 rings (SSSR count). The Balaban J connectivity index is 2.04. The van der Waals surface area contributed by atoms with Crippen molar-refractivity contribution in [2.75, 3.05) is 13.7 Å². The van der Waals surface area contributed by atoms with E-state index in [9.17, 15) is 4.79 Å². The first-order valence-electron chi connectivity index (χ1n) is 6.39. The van der Waals surface area contributed by atoms with E-state index in [4.69, 9.17) is 10.5 Å². The van der Waals surface area contributed by atoms with Crippen molar-refractivity contribution in [3.05, 3.63) is 11.4 Å². The van der Waals surface area contributed by atoms with Crippen molar-refractivity contribution in [1.82, 2.24) is 15.0 Å². The number of aromatic nitrogens is 3. The fourth-order valence-corrected chi connectivity index (χ4v) is 2.03. The van der Waals surface area contributed by atoms with Crippen LogP contribution in [0.3, 0.4) is 0 Å². The Labute approximate surface area is 106 Å². The molecule has 1 heterocycles. The van der Waals surface area contributed by atoms with Crippen molar-refractivity contribution in [2.24, 2.45) is 11.7 Å². The van der Waals surface area contributed by atoms with Gasteiger partial charge >= 0.3 is 0 Å². The maximum absolute atomic E-state index is 11.0. The van der Waals surface area contributed by atoms with Gasteiger partial charge in [-0.2, -0.15) is 0 Å². The first-order valence-corrected chi connectivity index (χ1v) is 6.39. The molecule has 1 aliphatic rings. The Kier molecular flexibility index (Phi) is 4.30. The number of carbonyl (C=O) groups is 1. The van der Waals surface area contributed by atoms with E-state index < -0.39 is 0 Å². The van der Waals surface area contributed by atoms with Crippen molar-refractivity contribution < 1.29 is 9.53 Å². The molecule has 100 valence electrons. The van der Waals surface area contributed by atoms with Gasteiger partial charge in [0, 0.05) is 20.1 Å². The zero-order chi connectivity index (χ0) is 13.0. The first-order chi connectivity index (χ1) is 8.70. The molecule has 0 saturated heterocycles. The van der Waals surface area contributed by atoms with Crippen LogP contribution in [0.2, 0.25) is 0 Å². The molecule has 1 aromatic heterocycles. The Bertz CT molecular complexity index is 412. The average molecular weight is 252 g/mol. The molecule has 1 amide bonds. The second-order valence-electron chi connectivity index (χ2n) is 4.82. The number of nitrogens with zero attached hydrogens (tertiary/aromatic N) is 3. The molecule has 0 spiro atoms. The Morgan fingerprint density at radius 1 is 1.56 bits per heavy atom. The Morgan fingerprint density at radius 2 is 2.33 bits per heavy atom. The minimum absolute atomic E-state index is 0.155. The van der Waals surface area contributed by atoms with Gasteiger partial charge < -0.3 is 10.5 Å². The van der Waals surface area contributed by atoms with Crippen LogP contribution in [0.5, 0.6) is 0 Å². The van der Waals surface area contributed by atoms with E-state index in [0.29, 0.717) is 12.3 Å². The molecule has 0 radical (unpaired) electrons. The van der Waals surface area contributed by atoms with Crippen LogP contribution >= 0.6 is 0 Å². The summed E-state index contributed by atoms with van der Waals surface area (Å²) < 4.78 is 6.98. The SMILES string of the molecule is COCCc1c(CC(N)=O)nnn1CCC1CC1. The number of ether oxygens (including phenoxy) is 1. The van der Waals surface area contributed by atoms with Gasteiger partial charge in [-0.25, -0.2) is 4.68 Å². The lowest BCUT2D eigenvalue weighted by molar-refractivity contribution is -0.117. The third kappa shape index (κ3) is 3.53. The Hall–Kier alpha value is -1.43. The van der Waals surface area contributed by atoms with Crippen molar-refractivity contribution in [3.8, 4) is 0 Å². The highest BCUT2D eigenvalue weighted by atomic mass is 16.5. The second kappa shape index (κ2) is 5.95. The average Bonchev–Trinajstić information content (AvgIpc) is 3.08. The lowest BCUT2D eigenvalue weighted by atomic mass is 10.2. The number of methoxy groups -OCH3 is 1. The third-order valence-corrected chi connectivity index (χ3v) is 3.25. The first kappa shape index (κ1) is 13.0. The van der Waals surface area contributed by atoms with E-state index in [1.54, 1.807) is 7.11 Å². The molecule has 0 unspecified atom stereocenters. The standard InChI is InChI=1S/C12H20N4O2/c1-18-7-5-11-10(8-12(13)17)14-15-16(11)6-4-9-2-3-9/h9H,2-8H2,1H3,(H2,13,17). The van der Waals surface area contributed by atoms with Crippen molar-refractivity contribution in [3.63, 3.8) is 0 Å². The normalized spacial score (nSPS) is 14.9. The molecule has 6 nitrogen and oxygen atoms in total. The molecular weight excluding hydrogens is 232 g/mol. The summed E-state index contributed by atoms with van der Waals surface area (Å²) in [4.78, 5) is 11.0. The van der Waals surface area contributed by atoms with Gasteiger partial charge in [0.15, 0.2) is 0 Å². The summed E-state index contributed by atoms with van der Waals surface area (Å²) in [6.07, 6.45) is 4.67. The lowest BCUT2D eigenvalue weighted by Gasteiger charge is -2.07. The topological polar surface area (TPSA) is 83.0 Å². The monoisotopic (exact) mass is 252 g/mol. The molecule has 1 aliphatic carbocycles. The maximum atomic E-state index is 11.0.